The third-order valence-electron chi connectivity index (χ3n) is 5.00. The number of aromatic amines is 1. The van der Waals surface area contributed by atoms with Gasteiger partial charge in [-0.2, -0.15) is 0 Å². The lowest BCUT2D eigenvalue weighted by Gasteiger charge is -2.21. The zero-order chi connectivity index (χ0) is 19.4. The van der Waals surface area contributed by atoms with Crippen molar-refractivity contribution in [2.45, 2.75) is 32.1 Å². The number of benzene rings is 1. The number of fused-ring (bicyclic) bond motifs is 1. The van der Waals surface area contributed by atoms with E-state index in [1.54, 1.807) is 7.05 Å². The van der Waals surface area contributed by atoms with Crippen LogP contribution in [0.1, 0.15) is 31.5 Å². The molecule has 3 rings (SSSR count). The van der Waals surface area contributed by atoms with Crippen LogP contribution in [0.4, 0.5) is 0 Å². The Balaban J connectivity index is 1.22. The number of aryl methyl sites for hydroxylation is 1. The van der Waals surface area contributed by atoms with Crippen LogP contribution in [0.2, 0.25) is 0 Å². The van der Waals surface area contributed by atoms with Crippen LogP contribution in [0.3, 0.4) is 0 Å². The number of hydrogen-bond acceptors (Lipinski definition) is 4. The first-order chi connectivity index (χ1) is 13.8. The highest BCUT2D eigenvalue weighted by Gasteiger charge is 2.13. The number of H-pyrrole nitrogens is 1. The van der Waals surface area contributed by atoms with Gasteiger partial charge >= 0.3 is 0 Å². The van der Waals surface area contributed by atoms with Crippen LogP contribution in [-0.4, -0.2) is 62.5 Å². The fraction of sp³-hybridized carbons (Fsp3) is 0.619. The van der Waals surface area contributed by atoms with Crippen LogP contribution in [0.25, 0.3) is 11.0 Å². The summed E-state index contributed by atoms with van der Waals surface area (Å²) in [6.07, 6.45) is 5.14. The van der Waals surface area contributed by atoms with Gasteiger partial charge in [-0.15, -0.1) is 0 Å². The number of rotatable bonds is 10. The summed E-state index contributed by atoms with van der Waals surface area (Å²) in [6, 6.07) is 8.13. The minimum atomic E-state index is 0.669. The van der Waals surface area contributed by atoms with Crippen molar-refractivity contribution in [1.82, 2.24) is 20.6 Å². The molecule has 7 heteroatoms. The molecule has 28 heavy (non-hydrogen) atoms. The lowest BCUT2D eigenvalue weighted by atomic mass is 10.0. The highest BCUT2D eigenvalue weighted by Crippen LogP contribution is 2.14. The molecule has 1 aromatic heterocycles. The molecule has 1 aromatic carbocycles. The first-order valence-electron chi connectivity index (χ1n) is 10.4. The Morgan fingerprint density at radius 1 is 1.21 bits per heavy atom. The minimum absolute atomic E-state index is 0.669. The fourth-order valence-electron chi connectivity index (χ4n) is 3.35. The van der Waals surface area contributed by atoms with Gasteiger partial charge in [-0.1, -0.05) is 12.1 Å². The number of aromatic nitrogens is 2. The van der Waals surface area contributed by atoms with Crippen LogP contribution < -0.4 is 10.6 Å². The normalized spacial score (nSPS) is 15.8. The first-order valence-corrected chi connectivity index (χ1v) is 10.4. The van der Waals surface area contributed by atoms with Gasteiger partial charge in [-0.05, 0) is 43.7 Å². The standard InChI is InChI=1S/C21H33N5O2/c1-22-21(24-12-5-13-28-16-17-9-14-27-15-10-17)23-11-4-8-20-25-18-6-2-3-7-19(18)26-20/h2-3,6-7,17H,4-5,8-16H2,1H3,(H,25,26)(H2,22,23,24). The molecule has 0 amide bonds. The number of nitrogens with zero attached hydrogens (tertiary/aromatic N) is 2. The first kappa shape index (κ1) is 20.6. The molecule has 7 nitrogen and oxygen atoms in total. The quantitative estimate of drug-likeness (QED) is 0.331. The molecule has 154 valence electrons. The molecule has 0 bridgehead atoms. The number of imidazole rings is 1. The Hall–Kier alpha value is -2.12. The molecule has 3 N–H and O–H groups in total. The van der Waals surface area contributed by atoms with Crippen molar-refractivity contribution < 1.29 is 9.47 Å². The minimum Gasteiger partial charge on any atom is -0.381 e. The number of hydrogen-bond donors (Lipinski definition) is 3. The summed E-state index contributed by atoms with van der Waals surface area (Å²) in [7, 11) is 1.80. The van der Waals surface area contributed by atoms with Gasteiger partial charge in [0.2, 0.25) is 0 Å². The molecule has 1 saturated heterocycles. The number of nitrogens with one attached hydrogen (secondary N) is 3. The van der Waals surface area contributed by atoms with E-state index in [9.17, 15) is 0 Å². The van der Waals surface area contributed by atoms with Crippen LogP contribution in [0.15, 0.2) is 29.3 Å². The molecule has 0 radical (unpaired) electrons. The van der Waals surface area contributed by atoms with E-state index in [-0.39, 0.29) is 0 Å². The third-order valence-corrected chi connectivity index (χ3v) is 5.00. The van der Waals surface area contributed by atoms with Gasteiger partial charge in [0, 0.05) is 53.0 Å². The molecule has 0 unspecified atom stereocenters. The Morgan fingerprint density at radius 3 is 2.79 bits per heavy atom. The molecule has 2 heterocycles. The van der Waals surface area contributed by atoms with Gasteiger partial charge in [0.15, 0.2) is 5.96 Å². The van der Waals surface area contributed by atoms with E-state index in [0.717, 1.165) is 94.4 Å². The molecule has 0 spiro atoms. The van der Waals surface area contributed by atoms with E-state index in [2.05, 4.69) is 31.7 Å². The van der Waals surface area contributed by atoms with Gasteiger partial charge < -0.3 is 25.1 Å². The average Bonchev–Trinajstić information content (AvgIpc) is 3.15. The van der Waals surface area contributed by atoms with E-state index in [1.165, 1.54) is 0 Å². The Labute approximate surface area is 167 Å². The molecule has 1 aliphatic heterocycles. The lowest BCUT2D eigenvalue weighted by Crippen LogP contribution is -2.38. The smallest absolute Gasteiger partial charge is 0.190 e. The van der Waals surface area contributed by atoms with Crippen molar-refractivity contribution in [2.75, 3.05) is 46.6 Å². The predicted molar refractivity (Wildman–Crippen MR) is 113 cm³/mol. The summed E-state index contributed by atoms with van der Waals surface area (Å²) < 4.78 is 11.2. The molecule has 0 atom stereocenters. The Bertz CT molecular complexity index is 691. The second-order valence-corrected chi connectivity index (χ2v) is 7.21. The number of para-hydroxylation sites is 2. The van der Waals surface area contributed by atoms with E-state index < -0.39 is 0 Å². The van der Waals surface area contributed by atoms with Crippen LogP contribution >= 0.6 is 0 Å². The maximum Gasteiger partial charge on any atom is 0.190 e. The predicted octanol–water partition coefficient (Wildman–Crippen LogP) is 2.49. The van der Waals surface area contributed by atoms with Crippen molar-refractivity contribution in [3.63, 3.8) is 0 Å². The largest absolute Gasteiger partial charge is 0.381 e. The monoisotopic (exact) mass is 387 g/mol. The van der Waals surface area contributed by atoms with Gasteiger partial charge in [0.05, 0.1) is 11.0 Å². The SMILES string of the molecule is CN=C(NCCCOCC1CCOCC1)NCCCc1nc2ccccc2[nH]1. The van der Waals surface area contributed by atoms with Crippen molar-refractivity contribution in [3.8, 4) is 0 Å². The molecule has 0 aliphatic carbocycles. The zero-order valence-corrected chi connectivity index (χ0v) is 16.9. The Morgan fingerprint density at radius 2 is 2.00 bits per heavy atom. The topological polar surface area (TPSA) is 83.6 Å². The van der Waals surface area contributed by atoms with Crippen molar-refractivity contribution in [1.29, 1.82) is 0 Å². The second kappa shape index (κ2) is 11.7. The van der Waals surface area contributed by atoms with Gasteiger partial charge in [-0.3, -0.25) is 4.99 Å². The molecule has 1 aliphatic rings. The number of ether oxygens (including phenoxy) is 2. The van der Waals surface area contributed by atoms with Gasteiger partial charge in [0.25, 0.3) is 0 Å². The summed E-state index contributed by atoms with van der Waals surface area (Å²) in [6.45, 7) is 5.13. The van der Waals surface area contributed by atoms with Gasteiger partial charge in [0.1, 0.15) is 5.82 Å². The number of guanidine groups is 1. The summed E-state index contributed by atoms with van der Waals surface area (Å²) in [4.78, 5) is 12.3. The van der Waals surface area contributed by atoms with Crippen molar-refractivity contribution in [3.05, 3.63) is 30.1 Å². The average molecular weight is 388 g/mol. The van der Waals surface area contributed by atoms with E-state index in [4.69, 9.17) is 9.47 Å². The van der Waals surface area contributed by atoms with E-state index >= 15 is 0 Å². The summed E-state index contributed by atoms with van der Waals surface area (Å²) in [5.74, 6) is 2.55. The maximum absolute atomic E-state index is 5.79. The van der Waals surface area contributed by atoms with Crippen LogP contribution in [0.5, 0.6) is 0 Å². The van der Waals surface area contributed by atoms with Crippen LogP contribution in [-0.2, 0) is 15.9 Å². The summed E-state index contributed by atoms with van der Waals surface area (Å²) in [5.41, 5.74) is 2.13. The highest BCUT2D eigenvalue weighted by atomic mass is 16.5. The van der Waals surface area contributed by atoms with Crippen molar-refractivity contribution in [2.24, 2.45) is 10.9 Å². The maximum atomic E-state index is 5.79. The number of aliphatic imine (C=N–C) groups is 1. The van der Waals surface area contributed by atoms with E-state index in [0.29, 0.717) is 5.92 Å². The van der Waals surface area contributed by atoms with Crippen LogP contribution in [0, 0.1) is 5.92 Å². The van der Waals surface area contributed by atoms with Crippen molar-refractivity contribution >= 4 is 17.0 Å². The fourth-order valence-corrected chi connectivity index (χ4v) is 3.35. The summed E-state index contributed by atoms with van der Waals surface area (Å²) in [5, 5.41) is 6.70. The molecular weight excluding hydrogens is 354 g/mol. The van der Waals surface area contributed by atoms with Gasteiger partial charge in [-0.25, -0.2) is 4.98 Å². The molecule has 1 fully saturated rings. The Kier molecular flexibility index (Phi) is 8.58. The molecule has 0 saturated carbocycles. The second-order valence-electron chi connectivity index (χ2n) is 7.21. The zero-order valence-electron chi connectivity index (χ0n) is 16.9. The highest BCUT2D eigenvalue weighted by molar-refractivity contribution is 5.79. The van der Waals surface area contributed by atoms with E-state index in [1.807, 2.05) is 18.2 Å². The lowest BCUT2D eigenvalue weighted by molar-refractivity contribution is 0.0203. The third kappa shape index (κ3) is 6.80. The molecular formula is C21H33N5O2. The molecule has 2 aromatic rings. The summed E-state index contributed by atoms with van der Waals surface area (Å²) >= 11 is 0.